The molecule has 0 fully saturated rings. The number of nitro benzene ring substituents is 1. The fourth-order valence-corrected chi connectivity index (χ4v) is 10.9. The Morgan fingerprint density at radius 2 is 1.84 bits per heavy atom. The zero-order chi connectivity index (χ0) is 30.5. The normalized spacial score (nSPS) is 20.0. The van der Waals surface area contributed by atoms with Crippen molar-refractivity contribution in [3.05, 3.63) is 110 Å². The predicted octanol–water partition coefficient (Wildman–Crippen LogP) is 7.61. The zero-order valence-corrected chi connectivity index (χ0v) is 26.7. The highest BCUT2D eigenvalue weighted by Gasteiger charge is 2.47. The summed E-state index contributed by atoms with van der Waals surface area (Å²) in [5, 5.41) is 28.8. The van der Waals surface area contributed by atoms with Crippen molar-refractivity contribution in [2.24, 2.45) is 9.74 Å². The Morgan fingerprint density at radius 1 is 1.12 bits per heavy atom. The number of rotatable bonds is 5. The van der Waals surface area contributed by atoms with Gasteiger partial charge in [-0.15, -0.1) is 0 Å². The van der Waals surface area contributed by atoms with Crippen molar-refractivity contribution in [3.8, 4) is 6.07 Å². The van der Waals surface area contributed by atoms with Crippen LogP contribution >= 0.6 is 23.0 Å². The Labute approximate surface area is 258 Å². The van der Waals surface area contributed by atoms with Gasteiger partial charge in [0.2, 0.25) is 0 Å². The first-order valence-electron chi connectivity index (χ1n) is 13.8. The molecule has 2 aliphatic rings. The highest BCUT2D eigenvalue weighted by atomic mass is 79.9. The van der Waals surface area contributed by atoms with Crippen LogP contribution in [-0.2, 0) is 12.0 Å². The second-order valence-electron chi connectivity index (χ2n) is 11.0. The third-order valence-electron chi connectivity index (χ3n) is 8.12. The van der Waals surface area contributed by atoms with E-state index in [1.165, 1.54) is 11.6 Å². The number of nitriles is 1. The summed E-state index contributed by atoms with van der Waals surface area (Å²) in [7, 11) is -0.823. The fourth-order valence-electron chi connectivity index (χ4n) is 6.33. The number of halogens is 1. The van der Waals surface area contributed by atoms with Crippen molar-refractivity contribution in [3.63, 3.8) is 0 Å². The maximum absolute atomic E-state index is 11.6. The number of aliphatic imine (C=N–C) groups is 1. The Bertz CT molecular complexity index is 1950. The third-order valence-corrected chi connectivity index (χ3v) is 12.5. The van der Waals surface area contributed by atoms with E-state index in [1.54, 1.807) is 12.1 Å². The van der Waals surface area contributed by atoms with Crippen LogP contribution in [0.5, 0.6) is 0 Å². The molecule has 216 valence electrons. The van der Waals surface area contributed by atoms with E-state index in [1.807, 2.05) is 42.1 Å². The number of para-hydroxylation sites is 1. The summed E-state index contributed by atoms with van der Waals surface area (Å²) in [5.74, 6) is 0.690. The lowest BCUT2D eigenvalue weighted by Crippen LogP contribution is -2.30. The molecule has 2 aliphatic heterocycles. The van der Waals surface area contributed by atoms with Crippen LogP contribution in [-0.4, -0.2) is 28.0 Å². The van der Waals surface area contributed by atoms with Gasteiger partial charge in [0.25, 0.3) is 5.69 Å². The minimum Gasteiger partial charge on any atom is -0.346 e. The molecule has 0 unspecified atom stereocenters. The molecule has 0 spiro atoms. The van der Waals surface area contributed by atoms with Gasteiger partial charge in [0, 0.05) is 46.7 Å². The van der Waals surface area contributed by atoms with Crippen molar-refractivity contribution in [1.29, 1.82) is 5.26 Å². The lowest BCUT2D eigenvalue weighted by Gasteiger charge is -2.35. The molecule has 0 saturated heterocycles. The highest BCUT2D eigenvalue weighted by Crippen LogP contribution is 2.64. The van der Waals surface area contributed by atoms with Crippen LogP contribution in [0.25, 0.3) is 0 Å². The Balaban J connectivity index is 1.79. The number of aromatic nitrogens is 2. The number of benzene rings is 3. The van der Waals surface area contributed by atoms with Gasteiger partial charge in [0.1, 0.15) is 0 Å². The Hall–Kier alpha value is -4.32. The number of fused-ring (bicyclic) bond motifs is 2. The minimum absolute atomic E-state index is 0.0249. The van der Waals surface area contributed by atoms with E-state index < -0.39 is 12.0 Å². The van der Waals surface area contributed by atoms with Crippen molar-refractivity contribution >= 4 is 62.7 Å². The first kappa shape index (κ1) is 28.8. The summed E-state index contributed by atoms with van der Waals surface area (Å²) in [6, 6.07) is 25.8. The molecule has 1 aromatic heterocycles. The molecule has 0 saturated carbocycles. The van der Waals surface area contributed by atoms with E-state index in [-0.39, 0.29) is 11.1 Å². The SMILES string of the molecule is Cc1nn(CCC#N)c2c1[P@](=Nc1ccc([N+](=O)[O-])c(Br)c1)(c1ccccc1)/C(=C1/N(C)c3ccccc3C1(C)C)C=N2. The number of hydrogen-bond donors (Lipinski definition) is 0. The second kappa shape index (κ2) is 10.7. The fraction of sp³-hybridized carbons (Fsp3) is 0.219. The minimum atomic E-state index is -2.91. The standard InChI is InChI=1S/C32H29BrN7O2P/c1-21-29-31(39(36-21)18-10-17-34)35-20-28(30-32(2,3)24-13-8-9-14-26(24)38(30)4)43(29,23-11-6-5-7-12-23)37-22-15-16-27(40(41)42)25(33)19-22/h5-9,11-16,19-20H,10,18H2,1-4H3/b30-28+/t43-/m0/s1. The molecule has 9 nitrogen and oxygen atoms in total. The van der Waals surface area contributed by atoms with Crippen LogP contribution in [0.4, 0.5) is 22.9 Å². The number of likely N-dealkylation sites (N-methyl/N-ethyl adjacent to an activating group) is 1. The van der Waals surface area contributed by atoms with E-state index in [9.17, 15) is 15.4 Å². The van der Waals surface area contributed by atoms with Crippen molar-refractivity contribution in [1.82, 2.24) is 9.78 Å². The lowest BCUT2D eigenvalue weighted by molar-refractivity contribution is -0.385. The van der Waals surface area contributed by atoms with Crippen molar-refractivity contribution < 1.29 is 4.92 Å². The number of aryl methyl sites for hydroxylation is 2. The van der Waals surface area contributed by atoms with Gasteiger partial charge in [-0.25, -0.2) is 9.67 Å². The summed E-state index contributed by atoms with van der Waals surface area (Å²) in [6.45, 7) is 6.84. The second-order valence-corrected chi connectivity index (χ2v) is 14.8. The Kier molecular flexibility index (Phi) is 7.19. The molecule has 3 heterocycles. The lowest BCUT2D eigenvalue weighted by atomic mass is 9.84. The van der Waals surface area contributed by atoms with Gasteiger partial charge < -0.3 is 4.90 Å². The molecule has 0 aliphatic carbocycles. The average Bonchev–Trinajstić information content (AvgIpc) is 3.42. The van der Waals surface area contributed by atoms with Crippen molar-refractivity contribution in [2.75, 3.05) is 11.9 Å². The van der Waals surface area contributed by atoms with Gasteiger partial charge in [-0.1, -0.05) is 62.4 Å². The molecule has 43 heavy (non-hydrogen) atoms. The van der Waals surface area contributed by atoms with Gasteiger partial charge >= 0.3 is 0 Å². The zero-order valence-electron chi connectivity index (χ0n) is 24.2. The molecule has 6 rings (SSSR count). The van der Waals surface area contributed by atoms with Crippen molar-refractivity contribution in [2.45, 2.75) is 39.2 Å². The van der Waals surface area contributed by atoms with Crippen LogP contribution in [0, 0.1) is 28.4 Å². The molecule has 11 heteroatoms. The van der Waals surface area contributed by atoms with E-state index in [4.69, 9.17) is 14.8 Å². The van der Waals surface area contributed by atoms with E-state index in [0.717, 1.165) is 33.0 Å². The van der Waals surface area contributed by atoms with Crippen LogP contribution in [0.15, 0.2) is 98.0 Å². The van der Waals surface area contributed by atoms with Crippen LogP contribution < -0.4 is 15.5 Å². The number of allylic oxidation sites excluding steroid dienone is 2. The molecule has 0 bridgehead atoms. The molecule has 3 aromatic carbocycles. The van der Waals surface area contributed by atoms with E-state index in [0.29, 0.717) is 28.9 Å². The number of hydrogen-bond acceptors (Lipinski definition) is 7. The predicted molar refractivity (Wildman–Crippen MR) is 176 cm³/mol. The van der Waals surface area contributed by atoms with Gasteiger partial charge in [0.15, 0.2) is 5.82 Å². The van der Waals surface area contributed by atoms with E-state index in [2.05, 4.69) is 78.1 Å². The maximum Gasteiger partial charge on any atom is 0.283 e. The van der Waals surface area contributed by atoms with Crippen LogP contribution in [0.2, 0.25) is 0 Å². The van der Waals surface area contributed by atoms with Crippen LogP contribution in [0.3, 0.4) is 0 Å². The third kappa shape index (κ3) is 4.46. The molecular formula is C32H29BrN7O2P. The van der Waals surface area contributed by atoms with Gasteiger partial charge in [-0.2, -0.15) is 10.4 Å². The number of anilines is 1. The summed E-state index contributed by atoms with van der Waals surface area (Å²) >= 11 is 3.41. The molecule has 0 N–H and O–H groups in total. The van der Waals surface area contributed by atoms with Gasteiger partial charge in [0.05, 0.1) is 52.2 Å². The molecule has 0 amide bonds. The molecule has 1 atom stereocenters. The highest BCUT2D eigenvalue weighted by molar-refractivity contribution is 9.10. The maximum atomic E-state index is 11.6. The van der Waals surface area contributed by atoms with Crippen LogP contribution in [0.1, 0.15) is 31.5 Å². The molecule has 4 aromatic rings. The molecule has 0 radical (unpaired) electrons. The topological polar surface area (TPSA) is 113 Å². The average molecular weight is 655 g/mol. The Morgan fingerprint density at radius 3 is 2.51 bits per heavy atom. The summed E-state index contributed by atoms with van der Waals surface area (Å²) < 4.78 is 7.80. The monoisotopic (exact) mass is 653 g/mol. The first-order valence-corrected chi connectivity index (χ1v) is 16.3. The number of nitro groups is 1. The largest absolute Gasteiger partial charge is 0.346 e. The summed E-state index contributed by atoms with van der Waals surface area (Å²) in [6.07, 6.45) is 2.24. The van der Waals surface area contributed by atoms with Gasteiger partial charge in [-0.3, -0.25) is 14.9 Å². The van der Waals surface area contributed by atoms with E-state index >= 15 is 0 Å². The molecular weight excluding hydrogens is 625 g/mol. The first-order chi connectivity index (χ1) is 20.6. The summed E-state index contributed by atoms with van der Waals surface area (Å²) in [5.41, 5.74) is 4.43. The summed E-state index contributed by atoms with van der Waals surface area (Å²) in [4.78, 5) is 18.5. The smallest absolute Gasteiger partial charge is 0.283 e. The number of nitrogens with zero attached hydrogens (tertiary/aromatic N) is 7. The van der Waals surface area contributed by atoms with Gasteiger partial charge in [-0.05, 0) is 46.6 Å². The quantitative estimate of drug-likeness (QED) is 0.125.